The number of rotatable bonds is 5. The van der Waals surface area contributed by atoms with E-state index in [2.05, 4.69) is 37.2 Å². The SMILES string of the molecule is CNCc1cc(Br)c(OC(C)C(=O)N2CCCC2)c(Br)c1. The lowest BCUT2D eigenvalue weighted by molar-refractivity contribution is -0.136. The molecule has 1 atom stereocenters. The number of carbonyl (C=O) groups is 1. The standard InChI is InChI=1S/C15H20Br2N2O2/c1-10(15(20)19-5-3-4-6-19)21-14-12(16)7-11(9-18-2)8-13(14)17/h7-8,10,18H,3-6,9H2,1-2H3. The average Bonchev–Trinajstić information content (AvgIpc) is 2.96. The molecule has 4 nitrogen and oxygen atoms in total. The second-order valence-electron chi connectivity index (χ2n) is 5.21. The minimum absolute atomic E-state index is 0.0607. The lowest BCUT2D eigenvalue weighted by atomic mass is 10.2. The zero-order valence-corrected chi connectivity index (χ0v) is 15.5. The first kappa shape index (κ1) is 16.8. The van der Waals surface area contributed by atoms with Crippen LogP contribution in [0.25, 0.3) is 0 Å². The van der Waals surface area contributed by atoms with Gasteiger partial charge in [-0.3, -0.25) is 4.79 Å². The number of ether oxygens (including phenoxy) is 1. The molecule has 0 aliphatic carbocycles. The lowest BCUT2D eigenvalue weighted by Crippen LogP contribution is -2.38. The van der Waals surface area contributed by atoms with Gasteiger partial charge in [-0.25, -0.2) is 0 Å². The third-order valence-corrected chi connectivity index (χ3v) is 4.68. The van der Waals surface area contributed by atoms with E-state index in [1.807, 2.05) is 24.1 Å². The predicted octanol–water partition coefficient (Wildman–Crippen LogP) is 3.32. The first-order chi connectivity index (χ1) is 10.0. The molecule has 1 aliphatic heterocycles. The number of hydrogen-bond acceptors (Lipinski definition) is 3. The molecule has 6 heteroatoms. The Bertz CT molecular complexity index is 493. The predicted molar refractivity (Wildman–Crippen MR) is 90.5 cm³/mol. The van der Waals surface area contributed by atoms with Gasteiger partial charge in [0.25, 0.3) is 5.91 Å². The fourth-order valence-electron chi connectivity index (χ4n) is 2.45. The van der Waals surface area contributed by atoms with E-state index in [4.69, 9.17) is 4.74 Å². The molecule has 0 radical (unpaired) electrons. The molecule has 1 aromatic carbocycles. The molecule has 1 saturated heterocycles. The summed E-state index contributed by atoms with van der Waals surface area (Å²) >= 11 is 7.04. The van der Waals surface area contributed by atoms with E-state index in [0.717, 1.165) is 47.0 Å². The molecule has 0 bridgehead atoms. The molecule has 1 unspecified atom stereocenters. The zero-order chi connectivity index (χ0) is 15.4. The van der Waals surface area contributed by atoms with Crippen molar-refractivity contribution >= 4 is 37.8 Å². The molecule has 0 spiro atoms. The summed E-state index contributed by atoms with van der Waals surface area (Å²) in [6.07, 6.45) is 1.70. The highest BCUT2D eigenvalue weighted by Crippen LogP contribution is 2.35. The number of nitrogens with one attached hydrogen (secondary N) is 1. The Morgan fingerprint density at radius 3 is 2.43 bits per heavy atom. The van der Waals surface area contributed by atoms with Crippen molar-refractivity contribution in [3.63, 3.8) is 0 Å². The van der Waals surface area contributed by atoms with Crippen LogP contribution in [0.2, 0.25) is 0 Å². The summed E-state index contributed by atoms with van der Waals surface area (Å²) in [6, 6.07) is 4.01. The molecule has 1 aliphatic rings. The fourth-order valence-corrected chi connectivity index (χ4v) is 3.92. The largest absolute Gasteiger partial charge is 0.479 e. The first-order valence-electron chi connectivity index (χ1n) is 7.11. The quantitative estimate of drug-likeness (QED) is 0.795. The normalized spacial score (nSPS) is 16.1. The number of nitrogens with zero attached hydrogens (tertiary/aromatic N) is 1. The topological polar surface area (TPSA) is 41.6 Å². The monoisotopic (exact) mass is 418 g/mol. The summed E-state index contributed by atoms with van der Waals surface area (Å²) in [4.78, 5) is 14.2. The zero-order valence-electron chi connectivity index (χ0n) is 12.3. The van der Waals surface area contributed by atoms with Gasteiger partial charge in [0.2, 0.25) is 0 Å². The van der Waals surface area contributed by atoms with Crippen LogP contribution in [0.15, 0.2) is 21.1 Å². The minimum atomic E-state index is -0.481. The number of benzene rings is 1. The van der Waals surface area contributed by atoms with Crippen LogP contribution < -0.4 is 10.1 Å². The molecule has 1 N–H and O–H groups in total. The van der Waals surface area contributed by atoms with Gasteiger partial charge < -0.3 is 15.0 Å². The van der Waals surface area contributed by atoms with Crippen molar-refractivity contribution in [2.24, 2.45) is 0 Å². The highest BCUT2D eigenvalue weighted by Gasteiger charge is 2.25. The first-order valence-corrected chi connectivity index (χ1v) is 8.69. The minimum Gasteiger partial charge on any atom is -0.479 e. The second kappa shape index (κ2) is 7.61. The van der Waals surface area contributed by atoms with Gasteiger partial charge in [-0.15, -0.1) is 0 Å². The van der Waals surface area contributed by atoms with Crippen LogP contribution in [0.5, 0.6) is 5.75 Å². The van der Waals surface area contributed by atoms with Crippen molar-refractivity contribution < 1.29 is 9.53 Å². The van der Waals surface area contributed by atoms with Crippen LogP contribution in [-0.4, -0.2) is 37.0 Å². The second-order valence-corrected chi connectivity index (χ2v) is 6.92. The van der Waals surface area contributed by atoms with E-state index in [0.29, 0.717) is 5.75 Å². The van der Waals surface area contributed by atoms with E-state index < -0.39 is 6.10 Å². The van der Waals surface area contributed by atoms with Crippen molar-refractivity contribution in [1.29, 1.82) is 0 Å². The van der Waals surface area contributed by atoms with Crippen molar-refractivity contribution in [1.82, 2.24) is 10.2 Å². The van der Waals surface area contributed by atoms with Crippen LogP contribution in [0.3, 0.4) is 0 Å². The third-order valence-electron chi connectivity index (χ3n) is 3.50. The van der Waals surface area contributed by atoms with E-state index in [9.17, 15) is 4.79 Å². The maximum atomic E-state index is 12.3. The van der Waals surface area contributed by atoms with Crippen LogP contribution in [-0.2, 0) is 11.3 Å². The number of hydrogen-bond donors (Lipinski definition) is 1. The summed E-state index contributed by atoms with van der Waals surface area (Å²) in [6.45, 7) is 4.27. The van der Waals surface area contributed by atoms with Crippen molar-refractivity contribution in [2.45, 2.75) is 32.4 Å². The fraction of sp³-hybridized carbons (Fsp3) is 0.533. The maximum Gasteiger partial charge on any atom is 0.263 e. The Morgan fingerprint density at radius 1 is 1.33 bits per heavy atom. The van der Waals surface area contributed by atoms with Gasteiger partial charge in [0.1, 0.15) is 5.75 Å². The molecule has 116 valence electrons. The Kier molecular flexibility index (Phi) is 6.08. The molecular formula is C15H20Br2N2O2. The smallest absolute Gasteiger partial charge is 0.263 e. The molecular weight excluding hydrogens is 400 g/mol. The Balaban J connectivity index is 2.09. The molecule has 21 heavy (non-hydrogen) atoms. The van der Waals surface area contributed by atoms with Gasteiger partial charge in [-0.2, -0.15) is 0 Å². The van der Waals surface area contributed by atoms with Crippen molar-refractivity contribution in [2.75, 3.05) is 20.1 Å². The van der Waals surface area contributed by atoms with Crippen molar-refractivity contribution in [3.05, 3.63) is 26.6 Å². The van der Waals surface area contributed by atoms with E-state index in [1.165, 1.54) is 0 Å². The molecule has 1 aromatic rings. The number of halogens is 2. The highest BCUT2D eigenvalue weighted by molar-refractivity contribution is 9.11. The number of likely N-dealkylation sites (tertiary alicyclic amines) is 1. The molecule has 2 rings (SSSR count). The van der Waals surface area contributed by atoms with E-state index in [1.54, 1.807) is 6.92 Å². The number of amides is 1. The summed E-state index contributed by atoms with van der Waals surface area (Å²) in [7, 11) is 1.91. The average molecular weight is 420 g/mol. The van der Waals surface area contributed by atoms with E-state index in [-0.39, 0.29) is 5.91 Å². The van der Waals surface area contributed by atoms with Crippen LogP contribution in [0.1, 0.15) is 25.3 Å². The molecule has 1 fully saturated rings. The maximum absolute atomic E-state index is 12.3. The summed E-state index contributed by atoms with van der Waals surface area (Å²) < 4.78 is 7.58. The van der Waals surface area contributed by atoms with E-state index >= 15 is 0 Å². The Morgan fingerprint density at radius 2 is 1.90 bits per heavy atom. The molecule has 1 heterocycles. The van der Waals surface area contributed by atoms with Gasteiger partial charge in [-0.1, -0.05) is 0 Å². The molecule has 0 aromatic heterocycles. The lowest BCUT2D eigenvalue weighted by Gasteiger charge is -2.22. The Labute approximate surface area is 142 Å². The summed E-state index contributed by atoms with van der Waals surface area (Å²) in [5.74, 6) is 0.737. The highest BCUT2D eigenvalue weighted by atomic mass is 79.9. The van der Waals surface area contributed by atoms with Gasteiger partial charge in [0.05, 0.1) is 8.95 Å². The van der Waals surface area contributed by atoms with Gasteiger partial charge in [-0.05, 0) is 76.4 Å². The Hall–Kier alpha value is -0.590. The number of carbonyl (C=O) groups excluding carboxylic acids is 1. The molecule has 0 saturated carbocycles. The van der Waals surface area contributed by atoms with Gasteiger partial charge in [0, 0.05) is 19.6 Å². The van der Waals surface area contributed by atoms with Crippen LogP contribution in [0.4, 0.5) is 0 Å². The molecule has 1 amide bonds. The van der Waals surface area contributed by atoms with Crippen molar-refractivity contribution in [3.8, 4) is 5.75 Å². The third kappa shape index (κ3) is 4.20. The van der Waals surface area contributed by atoms with Gasteiger partial charge in [0.15, 0.2) is 6.10 Å². The van der Waals surface area contributed by atoms with Gasteiger partial charge >= 0.3 is 0 Å². The van der Waals surface area contributed by atoms with Crippen LogP contribution in [0, 0.1) is 0 Å². The summed E-state index contributed by atoms with van der Waals surface area (Å²) in [5, 5.41) is 3.11. The summed E-state index contributed by atoms with van der Waals surface area (Å²) in [5.41, 5.74) is 1.14. The van der Waals surface area contributed by atoms with Crippen LogP contribution >= 0.6 is 31.9 Å².